The fourth-order valence-corrected chi connectivity index (χ4v) is 2.10. The topological polar surface area (TPSA) is 118 Å². The van der Waals surface area contributed by atoms with Crippen molar-refractivity contribution >= 4 is 23.4 Å². The average molecular weight is 308 g/mol. The van der Waals surface area contributed by atoms with Crippen LogP contribution in [0.5, 0.6) is 0 Å². The highest BCUT2D eigenvalue weighted by Crippen LogP contribution is 2.16. The molecule has 0 aromatic rings. The fraction of sp³-hybridized carbons (Fsp3) is 0.429. The van der Waals surface area contributed by atoms with E-state index in [9.17, 15) is 19.8 Å². The number of cyclic esters (lactones) is 2. The van der Waals surface area contributed by atoms with Gasteiger partial charge in [0.05, 0.1) is 13.1 Å². The normalized spacial score (nSPS) is 19.9. The SMILES string of the molecule is CC(=NCCN=C(C)C1=C(O)COC1=O)C1=C(O)COC1=O. The van der Waals surface area contributed by atoms with Gasteiger partial charge in [-0.2, -0.15) is 0 Å². The minimum absolute atomic E-state index is 0.0837. The van der Waals surface area contributed by atoms with Gasteiger partial charge in [-0.05, 0) is 13.8 Å². The quantitative estimate of drug-likeness (QED) is 0.437. The van der Waals surface area contributed by atoms with Crippen LogP contribution in [0, 0.1) is 0 Å². The van der Waals surface area contributed by atoms with Gasteiger partial charge in [-0.15, -0.1) is 0 Å². The van der Waals surface area contributed by atoms with E-state index >= 15 is 0 Å². The first kappa shape index (κ1) is 15.7. The lowest BCUT2D eigenvalue weighted by Gasteiger charge is -2.01. The van der Waals surface area contributed by atoms with E-state index in [1.165, 1.54) is 0 Å². The van der Waals surface area contributed by atoms with Crippen LogP contribution in [0.2, 0.25) is 0 Å². The molecule has 22 heavy (non-hydrogen) atoms. The highest BCUT2D eigenvalue weighted by Gasteiger charge is 2.27. The summed E-state index contributed by atoms with van der Waals surface area (Å²) in [6.07, 6.45) is 0. The molecule has 0 saturated carbocycles. The molecule has 0 atom stereocenters. The average Bonchev–Trinajstić information content (AvgIpc) is 2.97. The van der Waals surface area contributed by atoms with Crippen LogP contribution < -0.4 is 0 Å². The number of hydrogen-bond acceptors (Lipinski definition) is 8. The first-order valence-electron chi connectivity index (χ1n) is 6.63. The number of aliphatic hydroxyl groups is 2. The van der Waals surface area contributed by atoms with E-state index in [0.717, 1.165) is 0 Å². The fourth-order valence-electron chi connectivity index (χ4n) is 2.10. The zero-order valence-electron chi connectivity index (χ0n) is 12.3. The van der Waals surface area contributed by atoms with Crippen molar-refractivity contribution in [2.45, 2.75) is 13.8 Å². The summed E-state index contributed by atoms with van der Waals surface area (Å²) < 4.78 is 9.36. The number of rotatable bonds is 5. The van der Waals surface area contributed by atoms with Crippen molar-refractivity contribution in [1.29, 1.82) is 0 Å². The second-order valence-electron chi connectivity index (χ2n) is 4.73. The standard InChI is InChI=1S/C14H16N2O6/c1-7(11-9(17)5-21-13(11)19)15-3-4-16-8(2)12-10(18)6-22-14(12)20/h17-18H,3-6H2,1-2H3. The summed E-state index contributed by atoms with van der Waals surface area (Å²) in [4.78, 5) is 31.0. The number of carbonyl (C=O) groups excluding carboxylic acids is 2. The van der Waals surface area contributed by atoms with Gasteiger partial charge in [0.1, 0.15) is 35.9 Å². The second-order valence-corrected chi connectivity index (χ2v) is 4.73. The first-order chi connectivity index (χ1) is 10.4. The highest BCUT2D eigenvalue weighted by molar-refractivity contribution is 6.21. The largest absolute Gasteiger partial charge is 0.508 e. The van der Waals surface area contributed by atoms with Crippen molar-refractivity contribution in [3.63, 3.8) is 0 Å². The Kier molecular flexibility index (Phi) is 4.59. The molecule has 8 nitrogen and oxygen atoms in total. The van der Waals surface area contributed by atoms with Gasteiger partial charge in [0, 0.05) is 11.4 Å². The third-order valence-electron chi connectivity index (χ3n) is 3.19. The van der Waals surface area contributed by atoms with E-state index in [2.05, 4.69) is 19.5 Å². The Labute approximate surface area is 126 Å². The van der Waals surface area contributed by atoms with Crippen molar-refractivity contribution < 1.29 is 29.3 Å². The van der Waals surface area contributed by atoms with Gasteiger partial charge in [0.15, 0.2) is 0 Å². The van der Waals surface area contributed by atoms with Crippen LogP contribution in [0.1, 0.15) is 13.8 Å². The second kappa shape index (κ2) is 6.42. The number of aliphatic hydroxyl groups excluding tert-OH is 2. The molecule has 0 amide bonds. The van der Waals surface area contributed by atoms with E-state index in [0.29, 0.717) is 11.4 Å². The Balaban J connectivity index is 1.97. The predicted octanol–water partition coefficient (Wildman–Crippen LogP) is 0.646. The predicted molar refractivity (Wildman–Crippen MR) is 77.2 cm³/mol. The molecule has 0 aliphatic carbocycles. The Morgan fingerprint density at radius 1 is 0.909 bits per heavy atom. The van der Waals surface area contributed by atoms with Crippen LogP contribution in [-0.2, 0) is 19.1 Å². The van der Waals surface area contributed by atoms with Gasteiger partial charge in [0.25, 0.3) is 0 Å². The van der Waals surface area contributed by atoms with Gasteiger partial charge >= 0.3 is 11.9 Å². The lowest BCUT2D eigenvalue weighted by atomic mass is 10.1. The van der Waals surface area contributed by atoms with Crippen LogP contribution in [0.3, 0.4) is 0 Å². The summed E-state index contributed by atoms with van der Waals surface area (Å²) in [5.41, 5.74) is 0.909. The summed E-state index contributed by atoms with van der Waals surface area (Å²) >= 11 is 0. The number of nitrogens with zero attached hydrogens (tertiary/aromatic N) is 2. The van der Waals surface area contributed by atoms with Crippen LogP contribution in [0.4, 0.5) is 0 Å². The van der Waals surface area contributed by atoms with Crippen molar-refractivity contribution in [2.75, 3.05) is 26.3 Å². The number of ether oxygens (including phenoxy) is 2. The molecule has 0 fully saturated rings. The minimum Gasteiger partial charge on any atom is -0.508 e. The summed E-state index contributed by atoms with van der Waals surface area (Å²) in [7, 11) is 0. The van der Waals surface area contributed by atoms with Crippen LogP contribution in [0.15, 0.2) is 32.6 Å². The van der Waals surface area contributed by atoms with Crippen LogP contribution in [-0.4, -0.2) is 59.9 Å². The minimum atomic E-state index is -0.595. The lowest BCUT2D eigenvalue weighted by molar-refractivity contribution is -0.136. The maximum absolute atomic E-state index is 11.4. The number of hydrogen-bond donors (Lipinski definition) is 2. The van der Waals surface area contributed by atoms with Gasteiger partial charge in [0.2, 0.25) is 0 Å². The number of carbonyl (C=O) groups is 2. The smallest absolute Gasteiger partial charge is 0.344 e. The van der Waals surface area contributed by atoms with E-state index in [1.807, 2.05) is 0 Å². The molecule has 2 heterocycles. The summed E-state index contributed by atoms with van der Waals surface area (Å²) in [6, 6.07) is 0. The third kappa shape index (κ3) is 3.16. The Bertz CT molecular complexity index is 586. The van der Waals surface area contributed by atoms with Crippen LogP contribution >= 0.6 is 0 Å². The lowest BCUT2D eigenvalue weighted by Crippen LogP contribution is -2.10. The zero-order valence-corrected chi connectivity index (χ0v) is 12.3. The molecular weight excluding hydrogens is 292 g/mol. The molecule has 0 aromatic heterocycles. The van der Waals surface area contributed by atoms with Gasteiger partial charge in [-0.3, -0.25) is 9.98 Å². The maximum atomic E-state index is 11.4. The molecule has 2 aliphatic heterocycles. The molecule has 118 valence electrons. The molecule has 8 heteroatoms. The van der Waals surface area contributed by atoms with E-state index < -0.39 is 11.9 Å². The van der Waals surface area contributed by atoms with Crippen LogP contribution in [0.25, 0.3) is 0 Å². The molecule has 0 saturated heterocycles. The molecule has 0 unspecified atom stereocenters. The monoisotopic (exact) mass is 308 g/mol. The molecule has 0 radical (unpaired) electrons. The van der Waals surface area contributed by atoms with Crippen molar-refractivity contribution in [3.05, 3.63) is 22.7 Å². The summed E-state index contributed by atoms with van der Waals surface area (Å²) in [5, 5.41) is 19.0. The first-order valence-corrected chi connectivity index (χ1v) is 6.63. The highest BCUT2D eigenvalue weighted by atomic mass is 16.6. The third-order valence-corrected chi connectivity index (χ3v) is 3.19. The van der Waals surface area contributed by atoms with Gasteiger partial charge in [-0.25, -0.2) is 9.59 Å². The summed E-state index contributed by atoms with van der Waals surface area (Å²) in [5.74, 6) is -1.45. The number of aliphatic imine (C=N–C) groups is 2. The van der Waals surface area contributed by atoms with Gasteiger partial charge in [-0.1, -0.05) is 0 Å². The molecule has 0 spiro atoms. The summed E-state index contributed by atoms with van der Waals surface area (Å²) in [6.45, 7) is 3.45. The van der Waals surface area contributed by atoms with E-state index in [-0.39, 0.29) is 49.0 Å². The molecule has 0 bridgehead atoms. The Morgan fingerprint density at radius 2 is 1.27 bits per heavy atom. The molecule has 2 rings (SSSR count). The Morgan fingerprint density at radius 3 is 1.55 bits per heavy atom. The Hall–Kier alpha value is -2.64. The van der Waals surface area contributed by atoms with Crippen molar-refractivity contribution in [3.8, 4) is 0 Å². The molecule has 2 aliphatic rings. The zero-order chi connectivity index (χ0) is 16.3. The van der Waals surface area contributed by atoms with E-state index in [4.69, 9.17) is 0 Å². The van der Waals surface area contributed by atoms with Crippen molar-refractivity contribution in [1.82, 2.24) is 0 Å². The number of esters is 2. The van der Waals surface area contributed by atoms with Gasteiger partial charge < -0.3 is 19.7 Å². The molecular formula is C14H16N2O6. The molecule has 0 aromatic carbocycles. The van der Waals surface area contributed by atoms with E-state index in [1.54, 1.807) is 13.8 Å². The maximum Gasteiger partial charge on any atom is 0.344 e. The van der Waals surface area contributed by atoms with Crippen molar-refractivity contribution in [2.24, 2.45) is 9.98 Å². The molecule has 2 N–H and O–H groups in total.